The lowest BCUT2D eigenvalue weighted by Gasteiger charge is -2.29. The molecule has 22 heavy (non-hydrogen) atoms. The van der Waals surface area contributed by atoms with Crippen LogP contribution < -0.4 is 0 Å². The summed E-state index contributed by atoms with van der Waals surface area (Å²) in [7, 11) is -1.57. The van der Waals surface area contributed by atoms with Gasteiger partial charge in [0.1, 0.15) is 0 Å². The molecule has 0 aromatic rings. The Morgan fingerprint density at radius 3 is 2.05 bits per heavy atom. The molecule has 0 aliphatic heterocycles. The zero-order chi connectivity index (χ0) is 16.7. The van der Waals surface area contributed by atoms with Gasteiger partial charge in [0, 0.05) is 12.5 Å². The Kier molecular flexibility index (Phi) is 14.1. The van der Waals surface area contributed by atoms with Crippen LogP contribution in [0.3, 0.4) is 0 Å². The van der Waals surface area contributed by atoms with Gasteiger partial charge in [0.25, 0.3) is 0 Å². The van der Waals surface area contributed by atoms with Crippen molar-refractivity contribution in [2.45, 2.75) is 116 Å². The van der Waals surface area contributed by atoms with Crippen molar-refractivity contribution in [1.82, 2.24) is 0 Å². The second kappa shape index (κ2) is 14.3. The van der Waals surface area contributed by atoms with Crippen LogP contribution in [-0.2, 0) is 4.43 Å². The molecule has 0 aliphatic carbocycles. The van der Waals surface area contributed by atoms with Gasteiger partial charge in [0.2, 0.25) is 0 Å². The third-order valence-corrected chi connectivity index (χ3v) is 6.92. The van der Waals surface area contributed by atoms with E-state index >= 15 is 0 Å². The molecular formula is C19H39NOSi. The van der Waals surface area contributed by atoms with E-state index in [0.29, 0.717) is 12.5 Å². The first kappa shape index (κ1) is 21.7. The van der Waals surface area contributed by atoms with Crippen LogP contribution in [0.2, 0.25) is 19.1 Å². The lowest BCUT2D eigenvalue weighted by molar-refractivity contribution is 0.172. The molecule has 0 saturated heterocycles. The molecule has 1 unspecified atom stereocenters. The van der Waals surface area contributed by atoms with Gasteiger partial charge in [-0.2, -0.15) is 5.26 Å². The molecule has 0 heterocycles. The molecular weight excluding hydrogens is 286 g/mol. The smallest absolute Gasteiger partial charge is 0.187 e. The van der Waals surface area contributed by atoms with E-state index in [1.807, 2.05) is 0 Å². The van der Waals surface area contributed by atoms with Crippen molar-refractivity contribution in [3.63, 3.8) is 0 Å². The van der Waals surface area contributed by atoms with Crippen LogP contribution in [0.5, 0.6) is 0 Å². The molecule has 3 heteroatoms. The summed E-state index contributed by atoms with van der Waals surface area (Å²) in [5.74, 6) is 0. The summed E-state index contributed by atoms with van der Waals surface area (Å²) < 4.78 is 6.42. The van der Waals surface area contributed by atoms with Crippen LogP contribution in [0.4, 0.5) is 0 Å². The zero-order valence-electron chi connectivity index (χ0n) is 15.6. The average Bonchev–Trinajstić information content (AvgIpc) is 2.48. The Morgan fingerprint density at radius 2 is 1.50 bits per heavy atom. The van der Waals surface area contributed by atoms with Crippen LogP contribution in [0.15, 0.2) is 0 Å². The Morgan fingerprint density at radius 1 is 0.909 bits per heavy atom. The SMILES string of the molecule is CCCCCCCCCCC(CC)O[Si](C)(C)CCCC#N. The van der Waals surface area contributed by atoms with Crippen molar-refractivity contribution >= 4 is 8.32 Å². The standard InChI is InChI=1S/C19H39NOSi/c1-5-7-8-9-10-11-12-13-16-19(6-2)21-22(3,4)18-15-14-17-20/h19H,5-16,18H2,1-4H3. The minimum atomic E-state index is -1.57. The molecule has 130 valence electrons. The quantitative estimate of drug-likeness (QED) is 0.244. The molecule has 1 atom stereocenters. The molecule has 2 nitrogen and oxygen atoms in total. The summed E-state index contributed by atoms with van der Waals surface area (Å²) in [4.78, 5) is 0. The Hall–Kier alpha value is -0.333. The minimum Gasteiger partial charge on any atom is -0.414 e. The normalized spacial score (nSPS) is 13.0. The van der Waals surface area contributed by atoms with Gasteiger partial charge in [0.15, 0.2) is 8.32 Å². The van der Waals surface area contributed by atoms with Crippen LogP contribution >= 0.6 is 0 Å². The molecule has 0 spiro atoms. The summed E-state index contributed by atoms with van der Waals surface area (Å²) in [6.07, 6.45) is 15.5. The van der Waals surface area contributed by atoms with Crippen molar-refractivity contribution in [2.75, 3.05) is 0 Å². The van der Waals surface area contributed by atoms with Gasteiger partial charge in [-0.25, -0.2) is 0 Å². The van der Waals surface area contributed by atoms with E-state index in [2.05, 4.69) is 33.0 Å². The molecule has 0 bridgehead atoms. The molecule has 0 amide bonds. The number of nitriles is 1. The van der Waals surface area contributed by atoms with Gasteiger partial charge >= 0.3 is 0 Å². The van der Waals surface area contributed by atoms with Gasteiger partial charge in [-0.1, -0.05) is 65.2 Å². The molecule has 0 aromatic carbocycles. The molecule has 0 N–H and O–H groups in total. The van der Waals surface area contributed by atoms with E-state index in [4.69, 9.17) is 9.69 Å². The highest BCUT2D eigenvalue weighted by Crippen LogP contribution is 2.21. The fraction of sp³-hybridized carbons (Fsp3) is 0.947. The fourth-order valence-corrected chi connectivity index (χ4v) is 5.29. The van der Waals surface area contributed by atoms with E-state index in [9.17, 15) is 0 Å². The summed E-state index contributed by atoms with van der Waals surface area (Å²) in [6.45, 7) is 9.13. The lowest BCUT2D eigenvalue weighted by atomic mass is 10.0. The van der Waals surface area contributed by atoms with E-state index in [0.717, 1.165) is 18.9 Å². The summed E-state index contributed by atoms with van der Waals surface area (Å²) in [5, 5.41) is 8.65. The molecule has 0 aromatic heterocycles. The molecule has 0 radical (unpaired) electrons. The van der Waals surface area contributed by atoms with Crippen molar-refractivity contribution in [2.24, 2.45) is 0 Å². The maximum atomic E-state index is 8.65. The Balaban J connectivity index is 3.71. The summed E-state index contributed by atoms with van der Waals surface area (Å²) in [6, 6.07) is 3.36. The Bertz CT molecular complexity index is 286. The third-order valence-electron chi connectivity index (χ3n) is 4.39. The fourth-order valence-electron chi connectivity index (χ4n) is 2.96. The second-order valence-corrected chi connectivity index (χ2v) is 11.4. The first-order valence-electron chi connectivity index (χ1n) is 9.60. The van der Waals surface area contributed by atoms with Gasteiger partial charge in [0.05, 0.1) is 6.07 Å². The van der Waals surface area contributed by atoms with E-state index < -0.39 is 8.32 Å². The van der Waals surface area contributed by atoms with Crippen LogP contribution in [-0.4, -0.2) is 14.4 Å². The first-order chi connectivity index (χ1) is 10.6. The lowest BCUT2D eigenvalue weighted by Crippen LogP contribution is -2.35. The van der Waals surface area contributed by atoms with Crippen LogP contribution in [0.25, 0.3) is 0 Å². The highest BCUT2D eigenvalue weighted by molar-refractivity contribution is 6.71. The second-order valence-electron chi connectivity index (χ2n) is 7.18. The third kappa shape index (κ3) is 13.3. The van der Waals surface area contributed by atoms with Gasteiger partial charge in [-0.15, -0.1) is 0 Å². The van der Waals surface area contributed by atoms with Gasteiger partial charge in [-0.05, 0) is 38.4 Å². The molecule has 0 aliphatic rings. The highest BCUT2D eigenvalue weighted by Gasteiger charge is 2.25. The molecule has 0 saturated carbocycles. The average molecular weight is 326 g/mol. The first-order valence-corrected chi connectivity index (χ1v) is 12.7. The maximum absolute atomic E-state index is 8.65. The number of rotatable bonds is 15. The van der Waals surface area contributed by atoms with Gasteiger partial charge < -0.3 is 4.43 Å². The summed E-state index contributed by atoms with van der Waals surface area (Å²) in [5.41, 5.74) is 0. The topological polar surface area (TPSA) is 33.0 Å². The Labute approximate surface area is 140 Å². The highest BCUT2D eigenvalue weighted by atomic mass is 28.4. The zero-order valence-corrected chi connectivity index (χ0v) is 16.6. The van der Waals surface area contributed by atoms with E-state index in [-0.39, 0.29) is 0 Å². The molecule has 0 rings (SSSR count). The van der Waals surface area contributed by atoms with Crippen molar-refractivity contribution < 1.29 is 4.43 Å². The summed E-state index contributed by atoms with van der Waals surface area (Å²) >= 11 is 0. The van der Waals surface area contributed by atoms with Crippen LogP contribution in [0, 0.1) is 11.3 Å². The monoisotopic (exact) mass is 325 g/mol. The number of hydrogen-bond donors (Lipinski definition) is 0. The van der Waals surface area contributed by atoms with E-state index in [1.54, 1.807) is 0 Å². The van der Waals surface area contributed by atoms with Crippen molar-refractivity contribution in [3.05, 3.63) is 0 Å². The van der Waals surface area contributed by atoms with E-state index in [1.165, 1.54) is 57.8 Å². The largest absolute Gasteiger partial charge is 0.414 e. The number of hydrogen-bond acceptors (Lipinski definition) is 2. The van der Waals surface area contributed by atoms with Crippen LogP contribution in [0.1, 0.15) is 90.9 Å². The maximum Gasteiger partial charge on any atom is 0.187 e. The predicted molar refractivity (Wildman–Crippen MR) is 99.5 cm³/mol. The van der Waals surface area contributed by atoms with Crippen molar-refractivity contribution in [1.29, 1.82) is 5.26 Å². The predicted octanol–water partition coefficient (Wildman–Crippen LogP) is 6.82. The van der Waals surface area contributed by atoms with Crippen molar-refractivity contribution in [3.8, 4) is 6.07 Å². The number of nitrogens with zero attached hydrogens (tertiary/aromatic N) is 1. The van der Waals surface area contributed by atoms with Gasteiger partial charge in [-0.3, -0.25) is 0 Å². The minimum absolute atomic E-state index is 0.448. The molecule has 0 fully saturated rings. The number of unbranched alkanes of at least 4 members (excludes halogenated alkanes) is 8.